The Bertz CT molecular complexity index is 447. The van der Waals surface area contributed by atoms with Crippen LogP contribution in [-0.4, -0.2) is 19.6 Å². The number of amides is 1. The molecule has 0 bridgehead atoms. The molecule has 1 amide bonds. The average Bonchev–Trinajstić information content (AvgIpc) is 2.36. The van der Waals surface area contributed by atoms with Crippen LogP contribution in [0, 0.1) is 11.2 Å². The second kappa shape index (κ2) is 6.52. The lowest BCUT2D eigenvalue weighted by atomic mass is 9.88. The van der Waals surface area contributed by atoms with Crippen molar-refractivity contribution in [3.8, 4) is 5.75 Å². The van der Waals surface area contributed by atoms with Gasteiger partial charge in [-0.25, -0.2) is 4.39 Å². The Kier molecular flexibility index (Phi) is 5.30. The van der Waals surface area contributed by atoms with Gasteiger partial charge in [-0.05, 0) is 31.2 Å². The molecule has 0 saturated heterocycles. The molecule has 0 fully saturated rings. The number of hydrogen-bond acceptors (Lipinski definition) is 3. The number of nitrogens with two attached hydrogens (primary N) is 1. The molecule has 4 nitrogen and oxygen atoms in total. The van der Waals surface area contributed by atoms with Crippen LogP contribution < -0.4 is 15.8 Å². The Balaban J connectivity index is 2.71. The lowest BCUT2D eigenvalue weighted by Crippen LogP contribution is -2.37. The third-order valence-corrected chi connectivity index (χ3v) is 3.07. The zero-order valence-corrected chi connectivity index (χ0v) is 11.6. The Labute approximate surface area is 113 Å². The van der Waals surface area contributed by atoms with Crippen LogP contribution in [0.2, 0.25) is 0 Å². The summed E-state index contributed by atoms with van der Waals surface area (Å²) in [6.45, 7) is 4.34. The lowest BCUT2D eigenvalue weighted by Gasteiger charge is -2.23. The van der Waals surface area contributed by atoms with E-state index in [0.717, 1.165) is 0 Å². The number of halogens is 1. The van der Waals surface area contributed by atoms with E-state index in [0.29, 0.717) is 24.3 Å². The molecule has 0 aliphatic rings. The van der Waals surface area contributed by atoms with Gasteiger partial charge in [-0.15, -0.1) is 0 Å². The van der Waals surface area contributed by atoms with Gasteiger partial charge in [0.1, 0.15) is 11.6 Å². The summed E-state index contributed by atoms with van der Waals surface area (Å²) < 4.78 is 18.3. The van der Waals surface area contributed by atoms with Crippen LogP contribution in [0.4, 0.5) is 4.39 Å². The zero-order chi connectivity index (χ0) is 14.5. The van der Waals surface area contributed by atoms with E-state index in [2.05, 4.69) is 5.32 Å². The van der Waals surface area contributed by atoms with E-state index in [4.69, 9.17) is 10.5 Å². The van der Waals surface area contributed by atoms with Gasteiger partial charge in [0.2, 0.25) is 5.91 Å². The number of methoxy groups -OCH3 is 1. The van der Waals surface area contributed by atoms with Gasteiger partial charge in [0.05, 0.1) is 7.11 Å². The minimum atomic E-state index is -0.532. The molecule has 3 N–H and O–H groups in total. The number of benzene rings is 1. The predicted molar refractivity (Wildman–Crippen MR) is 72.3 cm³/mol. The van der Waals surface area contributed by atoms with E-state index >= 15 is 0 Å². The highest BCUT2D eigenvalue weighted by Gasteiger charge is 2.26. The summed E-state index contributed by atoms with van der Waals surface area (Å²) in [4.78, 5) is 12.0. The van der Waals surface area contributed by atoms with Crippen LogP contribution in [0.25, 0.3) is 0 Å². The molecule has 0 radical (unpaired) electrons. The SMILES string of the molecule is COc1ccc(F)cc1CNC(=O)C(C)(C)CCN. The van der Waals surface area contributed by atoms with Gasteiger partial charge in [0, 0.05) is 17.5 Å². The molecular weight excluding hydrogens is 247 g/mol. The molecule has 1 rings (SSSR count). The highest BCUT2D eigenvalue weighted by atomic mass is 19.1. The van der Waals surface area contributed by atoms with Crippen molar-refractivity contribution in [3.63, 3.8) is 0 Å². The Morgan fingerprint density at radius 1 is 1.47 bits per heavy atom. The molecule has 0 aliphatic heterocycles. The summed E-state index contributed by atoms with van der Waals surface area (Å²) in [6.07, 6.45) is 0.596. The van der Waals surface area contributed by atoms with Gasteiger partial charge in [0.25, 0.3) is 0 Å². The third kappa shape index (κ3) is 4.21. The maximum Gasteiger partial charge on any atom is 0.225 e. The topological polar surface area (TPSA) is 64.3 Å². The van der Waals surface area contributed by atoms with Crippen molar-refractivity contribution in [3.05, 3.63) is 29.6 Å². The number of carbonyl (C=O) groups is 1. The van der Waals surface area contributed by atoms with Gasteiger partial charge in [-0.1, -0.05) is 13.8 Å². The predicted octanol–water partition coefficient (Wildman–Crippen LogP) is 1.83. The quantitative estimate of drug-likeness (QED) is 0.827. The van der Waals surface area contributed by atoms with Crippen molar-refractivity contribution in [2.45, 2.75) is 26.8 Å². The van der Waals surface area contributed by atoms with Crippen molar-refractivity contribution in [1.29, 1.82) is 0 Å². The minimum absolute atomic E-state index is 0.107. The second-order valence-corrected chi connectivity index (χ2v) is 5.06. The number of carbonyl (C=O) groups excluding carboxylic acids is 1. The number of ether oxygens (including phenoxy) is 1. The first kappa shape index (κ1) is 15.4. The van der Waals surface area contributed by atoms with Crippen molar-refractivity contribution in [2.24, 2.45) is 11.1 Å². The summed E-state index contributed by atoms with van der Waals surface area (Å²) in [6, 6.07) is 4.22. The standard InChI is InChI=1S/C14H21FN2O2/c1-14(2,6-7-16)13(18)17-9-10-8-11(15)4-5-12(10)19-3/h4-5,8H,6-7,9,16H2,1-3H3,(H,17,18). The van der Waals surface area contributed by atoms with Gasteiger partial charge >= 0.3 is 0 Å². The van der Waals surface area contributed by atoms with E-state index in [9.17, 15) is 9.18 Å². The molecule has 0 aromatic heterocycles. The number of hydrogen-bond donors (Lipinski definition) is 2. The minimum Gasteiger partial charge on any atom is -0.496 e. The molecule has 1 aromatic rings. The fourth-order valence-corrected chi connectivity index (χ4v) is 1.77. The largest absolute Gasteiger partial charge is 0.496 e. The Hall–Kier alpha value is -1.62. The van der Waals surface area contributed by atoms with Gasteiger partial charge in [-0.3, -0.25) is 4.79 Å². The number of rotatable bonds is 6. The summed E-state index contributed by atoms with van der Waals surface area (Å²) in [5, 5.41) is 2.78. The van der Waals surface area contributed by atoms with E-state index in [-0.39, 0.29) is 18.3 Å². The fraction of sp³-hybridized carbons (Fsp3) is 0.500. The first-order valence-electron chi connectivity index (χ1n) is 6.21. The van der Waals surface area contributed by atoms with Crippen LogP contribution in [-0.2, 0) is 11.3 Å². The van der Waals surface area contributed by atoms with Gasteiger partial charge in [0.15, 0.2) is 0 Å². The summed E-state index contributed by atoms with van der Waals surface area (Å²) in [5.74, 6) is 0.0915. The van der Waals surface area contributed by atoms with Gasteiger partial charge in [-0.2, -0.15) is 0 Å². The van der Waals surface area contributed by atoms with Gasteiger partial charge < -0.3 is 15.8 Å². The average molecular weight is 268 g/mol. The van der Waals surface area contributed by atoms with Crippen LogP contribution >= 0.6 is 0 Å². The van der Waals surface area contributed by atoms with Crippen LogP contribution in [0.1, 0.15) is 25.8 Å². The molecule has 19 heavy (non-hydrogen) atoms. The fourth-order valence-electron chi connectivity index (χ4n) is 1.77. The molecule has 1 aromatic carbocycles. The zero-order valence-electron chi connectivity index (χ0n) is 11.6. The number of nitrogens with one attached hydrogen (secondary N) is 1. The van der Waals surface area contributed by atoms with E-state index in [1.807, 2.05) is 13.8 Å². The summed E-state index contributed by atoms with van der Waals surface area (Å²) in [7, 11) is 1.51. The second-order valence-electron chi connectivity index (χ2n) is 5.06. The molecule has 0 spiro atoms. The summed E-state index contributed by atoms with van der Waals surface area (Å²) >= 11 is 0. The van der Waals surface area contributed by atoms with Crippen molar-refractivity contribution >= 4 is 5.91 Å². The molecule has 5 heteroatoms. The van der Waals surface area contributed by atoms with Crippen molar-refractivity contribution < 1.29 is 13.9 Å². The van der Waals surface area contributed by atoms with E-state index < -0.39 is 5.41 Å². The third-order valence-electron chi connectivity index (χ3n) is 3.07. The van der Waals surface area contributed by atoms with Crippen LogP contribution in [0.15, 0.2) is 18.2 Å². The lowest BCUT2D eigenvalue weighted by molar-refractivity contribution is -0.129. The molecular formula is C14H21FN2O2. The van der Waals surface area contributed by atoms with E-state index in [1.165, 1.54) is 19.2 Å². The van der Waals surface area contributed by atoms with Crippen molar-refractivity contribution in [1.82, 2.24) is 5.32 Å². The first-order chi connectivity index (χ1) is 8.90. The molecule has 106 valence electrons. The normalized spacial score (nSPS) is 11.2. The Morgan fingerprint density at radius 2 is 2.16 bits per heavy atom. The van der Waals surface area contributed by atoms with Crippen LogP contribution in [0.3, 0.4) is 0 Å². The maximum atomic E-state index is 13.2. The maximum absolute atomic E-state index is 13.2. The molecule has 0 atom stereocenters. The smallest absolute Gasteiger partial charge is 0.225 e. The molecule has 0 unspecified atom stereocenters. The van der Waals surface area contributed by atoms with Crippen molar-refractivity contribution in [2.75, 3.05) is 13.7 Å². The van der Waals surface area contributed by atoms with Crippen LogP contribution in [0.5, 0.6) is 5.75 Å². The monoisotopic (exact) mass is 268 g/mol. The van der Waals surface area contributed by atoms with E-state index in [1.54, 1.807) is 6.07 Å². The molecule has 0 saturated carbocycles. The molecule has 0 heterocycles. The molecule has 0 aliphatic carbocycles. The Morgan fingerprint density at radius 3 is 2.74 bits per heavy atom. The highest BCUT2D eigenvalue weighted by molar-refractivity contribution is 5.81. The first-order valence-corrected chi connectivity index (χ1v) is 6.21. The summed E-state index contributed by atoms with van der Waals surface area (Å²) in [5.41, 5.74) is 5.55. The highest BCUT2D eigenvalue weighted by Crippen LogP contribution is 2.22.